The lowest BCUT2D eigenvalue weighted by Gasteiger charge is -2.29. The molecule has 0 aliphatic heterocycles. The van der Waals surface area contributed by atoms with E-state index in [9.17, 15) is 29.4 Å². The summed E-state index contributed by atoms with van der Waals surface area (Å²) in [7, 11) is 0. The largest absolute Gasteiger partial charge is 0.504 e. The predicted molar refractivity (Wildman–Crippen MR) is 135 cm³/mol. The first kappa shape index (κ1) is 31.0. The minimum atomic E-state index is -1.27. The number of carboxylic acids is 2. The molecule has 0 spiro atoms. The molecule has 202 valence electrons. The molecule has 1 rings (SSSR count). The van der Waals surface area contributed by atoms with E-state index in [4.69, 9.17) is 15.9 Å². The summed E-state index contributed by atoms with van der Waals surface area (Å²) < 4.78 is 0. The number of phenolic OH excluding ortho intramolecular Hbond substituents is 2. The van der Waals surface area contributed by atoms with Crippen molar-refractivity contribution in [1.29, 1.82) is 0 Å². The molecular formula is C24H37N3O8S. The smallest absolute Gasteiger partial charge is 0.322 e. The average Bonchev–Trinajstić information content (AvgIpc) is 2.73. The summed E-state index contributed by atoms with van der Waals surface area (Å²) in [5.41, 5.74) is 5.77. The zero-order valence-corrected chi connectivity index (χ0v) is 22.3. The van der Waals surface area contributed by atoms with Crippen molar-refractivity contribution in [3.05, 3.63) is 17.2 Å². The van der Waals surface area contributed by atoms with E-state index >= 15 is 0 Å². The van der Waals surface area contributed by atoms with Crippen molar-refractivity contribution in [2.75, 3.05) is 12.3 Å². The molecule has 0 saturated carbocycles. The first-order valence-corrected chi connectivity index (χ1v) is 12.3. The second-order valence-electron chi connectivity index (χ2n) is 10.5. The van der Waals surface area contributed by atoms with Gasteiger partial charge in [-0.25, -0.2) is 0 Å². The van der Waals surface area contributed by atoms with Gasteiger partial charge in [-0.15, -0.1) is 11.8 Å². The third kappa shape index (κ3) is 8.90. The number of carboxylic acid groups (broad SMARTS) is 2. The molecule has 0 fully saturated rings. The first-order valence-electron chi connectivity index (χ1n) is 11.4. The number of hydrogen-bond acceptors (Lipinski definition) is 8. The number of nitrogens with two attached hydrogens (primary N) is 1. The molecule has 2 amide bonds. The van der Waals surface area contributed by atoms with Crippen LogP contribution in [0.3, 0.4) is 0 Å². The van der Waals surface area contributed by atoms with Crippen LogP contribution in [0.15, 0.2) is 11.0 Å². The number of aliphatic carboxylic acids is 2. The molecule has 0 heterocycles. The topological polar surface area (TPSA) is 199 Å². The minimum absolute atomic E-state index is 0.104. The van der Waals surface area contributed by atoms with Gasteiger partial charge in [0.15, 0.2) is 11.5 Å². The molecule has 1 aromatic rings. The second-order valence-corrected chi connectivity index (χ2v) is 11.6. The highest BCUT2D eigenvalue weighted by atomic mass is 32.2. The SMILES string of the molecule is CC(C)(C)c1cc(C(C)(C)C)c(SC[C@H](NC(=O)CC[C@H](N)C(=O)O)C(=O)NCC(=O)O)c(O)c1O. The molecule has 2 atom stereocenters. The molecule has 0 saturated heterocycles. The Hall–Kier alpha value is -2.99. The van der Waals surface area contributed by atoms with Crippen LogP contribution in [0, 0.1) is 0 Å². The molecule has 0 bridgehead atoms. The average molecular weight is 528 g/mol. The molecule has 36 heavy (non-hydrogen) atoms. The van der Waals surface area contributed by atoms with Gasteiger partial charge >= 0.3 is 11.9 Å². The van der Waals surface area contributed by atoms with Crippen LogP contribution in [0.4, 0.5) is 0 Å². The van der Waals surface area contributed by atoms with Crippen LogP contribution >= 0.6 is 11.8 Å². The predicted octanol–water partition coefficient (Wildman–Crippen LogP) is 1.66. The standard InChI is InChI=1S/C24H37N3O8S/c1-23(2,3)12-9-13(24(4,5)6)20(19(32)18(12)31)36-11-15(21(33)26-10-17(29)30)27-16(28)8-7-14(25)22(34)35/h9,14-15,31-32H,7-8,10-11,25H2,1-6H3,(H,26,33)(H,27,28)(H,29,30)(H,34,35)/t14-,15-/m0/s1. The van der Waals surface area contributed by atoms with Crippen LogP contribution in [0.1, 0.15) is 65.5 Å². The lowest BCUT2D eigenvalue weighted by Crippen LogP contribution is -2.49. The molecule has 0 aliphatic rings. The van der Waals surface area contributed by atoms with Gasteiger partial charge in [0.05, 0.1) is 4.90 Å². The Morgan fingerprint density at radius 3 is 2.00 bits per heavy atom. The molecule has 0 aliphatic carbocycles. The Labute approximate surface area is 214 Å². The highest BCUT2D eigenvalue weighted by Gasteiger charge is 2.31. The molecule has 0 unspecified atom stereocenters. The first-order chi connectivity index (χ1) is 16.4. The van der Waals surface area contributed by atoms with Crippen LogP contribution in [0.2, 0.25) is 0 Å². The Morgan fingerprint density at radius 1 is 0.972 bits per heavy atom. The molecule has 8 N–H and O–H groups in total. The summed E-state index contributed by atoms with van der Waals surface area (Å²) in [5.74, 6) is -4.69. The summed E-state index contributed by atoms with van der Waals surface area (Å²) in [4.78, 5) is 47.1. The lowest BCUT2D eigenvalue weighted by atomic mass is 9.80. The van der Waals surface area contributed by atoms with E-state index in [1.165, 1.54) is 0 Å². The maximum Gasteiger partial charge on any atom is 0.322 e. The van der Waals surface area contributed by atoms with Crippen molar-refractivity contribution >= 4 is 35.5 Å². The van der Waals surface area contributed by atoms with Crippen LogP contribution in [0.5, 0.6) is 11.5 Å². The number of phenols is 2. The Bertz CT molecular complexity index is 999. The van der Waals surface area contributed by atoms with Crippen LogP contribution in [-0.4, -0.2) is 68.6 Å². The summed E-state index contributed by atoms with van der Waals surface area (Å²) in [6.07, 6.45) is -0.421. The second kappa shape index (κ2) is 12.3. The van der Waals surface area contributed by atoms with Crippen LogP contribution in [0.25, 0.3) is 0 Å². The number of benzene rings is 1. The lowest BCUT2D eigenvalue weighted by molar-refractivity contribution is -0.139. The summed E-state index contributed by atoms with van der Waals surface area (Å²) in [5, 5.41) is 44.0. The van der Waals surface area contributed by atoms with E-state index in [1.54, 1.807) is 0 Å². The Kier molecular flexibility index (Phi) is 10.6. The number of carbonyl (C=O) groups excluding carboxylic acids is 2. The zero-order chi connectivity index (χ0) is 28.0. The fourth-order valence-electron chi connectivity index (χ4n) is 3.23. The Morgan fingerprint density at radius 2 is 1.53 bits per heavy atom. The number of rotatable bonds is 11. The zero-order valence-electron chi connectivity index (χ0n) is 21.5. The normalized spacial score (nSPS) is 13.5. The monoisotopic (exact) mass is 527 g/mol. The minimum Gasteiger partial charge on any atom is -0.504 e. The van der Waals surface area contributed by atoms with E-state index in [0.29, 0.717) is 10.5 Å². The summed E-state index contributed by atoms with van der Waals surface area (Å²) in [6, 6.07) is -0.650. The van der Waals surface area contributed by atoms with Gasteiger partial charge in [0, 0.05) is 17.7 Å². The van der Waals surface area contributed by atoms with Crippen molar-refractivity contribution in [1.82, 2.24) is 10.6 Å². The highest BCUT2D eigenvalue weighted by molar-refractivity contribution is 7.99. The van der Waals surface area contributed by atoms with Gasteiger partial charge < -0.3 is 36.8 Å². The Balaban J connectivity index is 3.27. The van der Waals surface area contributed by atoms with E-state index in [-0.39, 0.29) is 30.1 Å². The third-order valence-electron chi connectivity index (χ3n) is 5.30. The number of thioether (sulfide) groups is 1. The van der Waals surface area contributed by atoms with Crippen LogP contribution in [-0.2, 0) is 30.0 Å². The van der Waals surface area contributed by atoms with Crippen molar-refractivity contribution < 1.29 is 39.6 Å². The number of nitrogens with one attached hydrogen (secondary N) is 2. The van der Waals surface area contributed by atoms with Crippen molar-refractivity contribution in [2.24, 2.45) is 5.73 Å². The summed E-state index contributed by atoms with van der Waals surface area (Å²) in [6.45, 7) is 10.8. The van der Waals surface area contributed by atoms with Gasteiger partial charge in [0.25, 0.3) is 0 Å². The fraction of sp³-hybridized carbons (Fsp3) is 0.583. The third-order valence-corrected chi connectivity index (χ3v) is 6.51. The van der Waals surface area contributed by atoms with E-state index in [2.05, 4.69) is 10.6 Å². The van der Waals surface area contributed by atoms with Crippen molar-refractivity contribution in [3.8, 4) is 11.5 Å². The maximum absolute atomic E-state index is 12.6. The molecule has 0 aromatic heterocycles. The van der Waals surface area contributed by atoms with Gasteiger partial charge in [0.2, 0.25) is 11.8 Å². The van der Waals surface area contributed by atoms with Gasteiger partial charge in [-0.05, 0) is 28.9 Å². The molecule has 0 radical (unpaired) electrons. The van der Waals surface area contributed by atoms with Gasteiger partial charge in [0.1, 0.15) is 18.6 Å². The van der Waals surface area contributed by atoms with Gasteiger partial charge in [-0.1, -0.05) is 41.5 Å². The van der Waals surface area contributed by atoms with Gasteiger partial charge in [-0.2, -0.15) is 0 Å². The summed E-state index contributed by atoms with van der Waals surface area (Å²) >= 11 is 1.02. The molecule has 11 nitrogen and oxygen atoms in total. The fourth-order valence-corrected chi connectivity index (χ4v) is 4.55. The van der Waals surface area contributed by atoms with Gasteiger partial charge in [-0.3, -0.25) is 19.2 Å². The molecule has 12 heteroatoms. The van der Waals surface area contributed by atoms with E-state index in [0.717, 1.165) is 17.3 Å². The molecular weight excluding hydrogens is 490 g/mol. The molecule has 1 aromatic carbocycles. The van der Waals surface area contributed by atoms with Crippen LogP contribution < -0.4 is 16.4 Å². The number of aromatic hydroxyl groups is 2. The quantitative estimate of drug-likeness (QED) is 0.164. The highest BCUT2D eigenvalue weighted by Crippen LogP contribution is 2.48. The van der Waals surface area contributed by atoms with Crippen molar-refractivity contribution in [2.45, 2.75) is 82.2 Å². The number of amides is 2. The van der Waals surface area contributed by atoms with Crippen molar-refractivity contribution in [3.63, 3.8) is 0 Å². The number of carbonyl (C=O) groups is 4. The van der Waals surface area contributed by atoms with E-state index in [1.807, 2.05) is 47.6 Å². The van der Waals surface area contributed by atoms with E-state index < -0.39 is 53.2 Å². The number of hydrogen-bond donors (Lipinski definition) is 7. The maximum atomic E-state index is 12.6.